The number of halogens is 3. The quantitative estimate of drug-likeness (QED) is 0.728. The van der Waals surface area contributed by atoms with Gasteiger partial charge in [0.15, 0.2) is 0 Å². The summed E-state index contributed by atoms with van der Waals surface area (Å²) in [6, 6.07) is 0. The Kier molecular flexibility index (Phi) is 5.34. The van der Waals surface area contributed by atoms with Crippen LogP contribution in [0, 0.1) is 5.92 Å². The predicted octanol–water partition coefficient (Wildman–Crippen LogP) is 2.81. The maximum absolute atomic E-state index is 5.49. The average molecular weight is 301 g/mol. The van der Waals surface area contributed by atoms with Crippen LogP contribution in [0.4, 0.5) is 0 Å². The van der Waals surface area contributed by atoms with Gasteiger partial charge in [-0.1, -0.05) is 0 Å². The fourth-order valence-corrected chi connectivity index (χ4v) is 2.70. The fourth-order valence-electron chi connectivity index (χ4n) is 0.234. The third-order valence-corrected chi connectivity index (χ3v) is 3.78. The third kappa shape index (κ3) is 9.65. The van der Waals surface area contributed by atoms with Crippen LogP contribution in [0.5, 0.6) is 0 Å². The van der Waals surface area contributed by atoms with Crippen molar-refractivity contribution >= 4 is 42.3 Å². The normalized spacial score (nSPS) is 12.7. The Hall–Kier alpha value is 1.65. The van der Waals surface area contributed by atoms with Gasteiger partial charge in [-0.25, -0.2) is 0 Å². The molecule has 5 heteroatoms. The third-order valence-electron chi connectivity index (χ3n) is 0.554. The van der Waals surface area contributed by atoms with Gasteiger partial charge in [-0.2, -0.15) is 0 Å². The molecule has 0 atom stereocenters. The van der Waals surface area contributed by atoms with Crippen molar-refractivity contribution < 1.29 is 3.02 Å². The van der Waals surface area contributed by atoms with Crippen molar-refractivity contribution in [1.29, 1.82) is 0 Å². The van der Waals surface area contributed by atoms with Gasteiger partial charge in [0.05, 0.1) is 0 Å². The van der Waals surface area contributed by atoms with Crippen molar-refractivity contribution in [2.75, 3.05) is 6.61 Å². The van der Waals surface area contributed by atoms with Crippen LogP contribution in [-0.2, 0) is 3.02 Å². The summed E-state index contributed by atoms with van der Waals surface area (Å²) >= 11 is -3.35. The van der Waals surface area contributed by atoms with Crippen LogP contribution in [0.25, 0.3) is 0 Å². The number of rotatable bonds is 3. The Morgan fingerprint density at radius 3 is 1.89 bits per heavy atom. The molecular weight excluding hydrogens is 292 g/mol. The van der Waals surface area contributed by atoms with Gasteiger partial charge < -0.3 is 0 Å². The Balaban J connectivity index is 3.28. The molecule has 0 amide bonds. The van der Waals surface area contributed by atoms with Gasteiger partial charge in [-0.15, -0.1) is 0 Å². The zero-order valence-corrected chi connectivity index (χ0v) is 10.1. The summed E-state index contributed by atoms with van der Waals surface area (Å²) in [5.74, 6) is 0.439. The fraction of sp³-hybridized carbons (Fsp3) is 1.00. The first-order valence-corrected chi connectivity index (χ1v) is 13.3. The summed E-state index contributed by atoms with van der Waals surface area (Å²) in [7, 11) is 16.5. The van der Waals surface area contributed by atoms with Crippen molar-refractivity contribution in [1.82, 2.24) is 0 Å². The molecule has 0 aliphatic carbocycles. The molecule has 0 aromatic rings. The van der Waals surface area contributed by atoms with E-state index < -0.39 is 15.8 Å². The summed E-state index contributed by atoms with van der Waals surface area (Å²) in [6.07, 6.45) is 0. The Bertz CT molecular complexity index is 80.4. The van der Waals surface area contributed by atoms with Gasteiger partial charge in [0.1, 0.15) is 0 Å². The SMILES string of the molecule is CC(C)C[O][Sb]([Cl])([Cl])[Cl]. The minimum atomic E-state index is -3.35. The van der Waals surface area contributed by atoms with Crippen molar-refractivity contribution in [2.24, 2.45) is 5.92 Å². The first kappa shape index (κ1) is 10.6. The molecular formula is C4H9Cl3OSb. The molecule has 9 heavy (non-hydrogen) atoms. The Morgan fingerprint density at radius 1 is 1.33 bits per heavy atom. The van der Waals surface area contributed by atoms with E-state index in [2.05, 4.69) is 0 Å². The molecule has 0 saturated heterocycles. The van der Waals surface area contributed by atoms with Crippen LogP contribution in [0.3, 0.4) is 0 Å². The molecule has 0 saturated carbocycles. The van der Waals surface area contributed by atoms with E-state index in [1.54, 1.807) is 0 Å². The second kappa shape index (κ2) is 4.51. The molecule has 0 N–H and O–H groups in total. The second-order valence-corrected chi connectivity index (χ2v) is 18.2. The molecule has 0 fully saturated rings. The van der Waals surface area contributed by atoms with E-state index >= 15 is 0 Å². The maximum atomic E-state index is 5.49. The molecule has 0 aliphatic heterocycles. The molecule has 0 spiro atoms. The second-order valence-electron chi connectivity index (χ2n) is 2.09. The van der Waals surface area contributed by atoms with Crippen molar-refractivity contribution in [3.8, 4) is 0 Å². The predicted molar refractivity (Wildman–Crippen MR) is 44.1 cm³/mol. The van der Waals surface area contributed by atoms with Crippen LogP contribution in [-0.4, -0.2) is 22.4 Å². The van der Waals surface area contributed by atoms with Crippen molar-refractivity contribution in [3.05, 3.63) is 0 Å². The summed E-state index contributed by atoms with van der Waals surface area (Å²) in [5, 5.41) is 0. The topological polar surface area (TPSA) is 9.23 Å². The Labute approximate surface area is 71.2 Å². The summed E-state index contributed by atoms with van der Waals surface area (Å²) in [5.41, 5.74) is 0. The summed E-state index contributed by atoms with van der Waals surface area (Å²) < 4.78 is 4.99. The first-order chi connectivity index (χ1) is 3.92. The molecule has 57 valence electrons. The van der Waals surface area contributed by atoms with E-state index in [0.29, 0.717) is 12.5 Å². The van der Waals surface area contributed by atoms with Gasteiger partial charge in [-0.05, 0) is 0 Å². The summed E-state index contributed by atoms with van der Waals surface area (Å²) in [6.45, 7) is 4.59. The average Bonchev–Trinajstić information content (AvgIpc) is 1.59. The van der Waals surface area contributed by atoms with Gasteiger partial charge in [0.2, 0.25) is 0 Å². The van der Waals surface area contributed by atoms with E-state index in [-0.39, 0.29) is 0 Å². The van der Waals surface area contributed by atoms with Crippen molar-refractivity contribution in [3.63, 3.8) is 0 Å². The van der Waals surface area contributed by atoms with Crippen LogP contribution in [0.1, 0.15) is 13.8 Å². The van der Waals surface area contributed by atoms with Gasteiger partial charge in [-0.3, -0.25) is 0 Å². The van der Waals surface area contributed by atoms with E-state index in [0.717, 1.165) is 0 Å². The number of hydrogen-bond donors (Lipinski definition) is 0. The molecule has 0 bridgehead atoms. The summed E-state index contributed by atoms with van der Waals surface area (Å²) in [4.78, 5) is 0. The molecule has 1 radical (unpaired) electrons. The molecule has 0 aromatic heterocycles. The van der Waals surface area contributed by atoms with Gasteiger partial charge >= 0.3 is 71.7 Å². The molecule has 1 nitrogen and oxygen atoms in total. The molecule has 0 unspecified atom stereocenters. The van der Waals surface area contributed by atoms with Crippen LogP contribution < -0.4 is 0 Å². The monoisotopic (exact) mass is 299 g/mol. The molecule has 0 heterocycles. The molecule has 0 aromatic carbocycles. The Morgan fingerprint density at radius 2 is 1.78 bits per heavy atom. The zero-order valence-electron chi connectivity index (χ0n) is 5.27. The standard InChI is InChI=1S/C4H9O.3ClH.Sb/c1-4(2)3-5;;;;/h4H,3H2,1-2H3;3*1H;/q-1;;;;+4/p-3. The molecule has 0 rings (SSSR count). The molecule has 0 aliphatic rings. The van der Waals surface area contributed by atoms with Crippen LogP contribution in [0.2, 0.25) is 0 Å². The van der Waals surface area contributed by atoms with Gasteiger partial charge in [0.25, 0.3) is 0 Å². The van der Waals surface area contributed by atoms with E-state index in [1.807, 2.05) is 13.8 Å². The van der Waals surface area contributed by atoms with Crippen LogP contribution >= 0.6 is 26.5 Å². The minimum absolute atomic E-state index is 0.439. The zero-order chi connectivity index (χ0) is 7.49. The van der Waals surface area contributed by atoms with Gasteiger partial charge in [0, 0.05) is 0 Å². The first-order valence-electron chi connectivity index (χ1n) is 2.54. The van der Waals surface area contributed by atoms with E-state index in [1.165, 1.54) is 0 Å². The van der Waals surface area contributed by atoms with Crippen LogP contribution in [0.15, 0.2) is 0 Å². The van der Waals surface area contributed by atoms with Crippen molar-refractivity contribution in [2.45, 2.75) is 13.8 Å². The van der Waals surface area contributed by atoms with E-state index in [9.17, 15) is 0 Å². The number of hydrogen-bond acceptors (Lipinski definition) is 1. The van der Waals surface area contributed by atoms with E-state index in [4.69, 9.17) is 29.5 Å².